The van der Waals surface area contributed by atoms with Gasteiger partial charge in [-0.3, -0.25) is 9.38 Å². The van der Waals surface area contributed by atoms with Crippen molar-refractivity contribution < 1.29 is 0 Å². The first kappa shape index (κ1) is 18.1. The van der Waals surface area contributed by atoms with Gasteiger partial charge in [-0.1, -0.05) is 12.1 Å². The molecule has 0 saturated heterocycles. The van der Waals surface area contributed by atoms with Gasteiger partial charge < -0.3 is 11.1 Å². The lowest BCUT2D eigenvalue weighted by atomic mass is 10.1. The minimum atomic E-state index is 0.601. The summed E-state index contributed by atoms with van der Waals surface area (Å²) in [7, 11) is 0. The van der Waals surface area contributed by atoms with Crippen molar-refractivity contribution in [1.29, 1.82) is 0 Å². The first-order valence-corrected chi connectivity index (χ1v) is 9.45. The largest absolute Gasteiger partial charge is 0.354 e. The fourth-order valence-electron chi connectivity index (χ4n) is 3.14. The molecule has 0 unspecified atom stereocenters. The van der Waals surface area contributed by atoms with Crippen LogP contribution in [0.1, 0.15) is 18.5 Å². The zero-order valence-corrected chi connectivity index (χ0v) is 15.8. The maximum atomic E-state index is 5.56. The zero-order chi connectivity index (χ0) is 19.3. The molecule has 4 aromatic rings. The van der Waals surface area contributed by atoms with E-state index in [2.05, 4.69) is 15.3 Å². The van der Waals surface area contributed by atoms with Crippen molar-refractivity contribution in [1.82, 2.24) is 24.3 Å². The van der Waals surface area contributed by atoms with Crippen LogP contribution in [0.15, 0.2) is 54.9 Å². The van der Waals surface area contributed by atoms with E-state index in [4.69, 9.17) is 15.7 Å². The van der Waals surface area contributed by atoms with Crippen LogP contribution in [-0.2, 0) is 0 Å². The molecule has 0 bridgehead atoms. The number of aryl methyl sites for hydroxylation is 1. The van der Waals surface area contributed by atoms with Crippen LogP contribution in [-0.4, -0.2) is 37.4 Å². The molecule has 0 aliphatic carbocycles. The fraction of sp³-hybridized carbons (Fsp3) is 0.238. The molecule has 0 saturated carbocycles. The van der Waals surface area contributed by atoms with Crippen molar-refractivity contribution in [3.05, 3.63) is 60.6 Å². The molecule has 4 aromatic heterocycles. The summed E-state index contributed by atoms with van der Waals surface area (Å²) in [5.74, 6) is 0.601. The van der Waals surface area contributed by atoms with E-state index in [0.717, 1.165) is 53.5 Å². The van der Waals surface area contributed by atoms with Crippen molar-refractivity contribution >= 4 is 11.6 Å². The van der Waals surface area contributed by atoms with Crippen LogP contribution < -0.4 is 11.1 Å². The molecule has 0 spiro atoms. The van der Waals surface area contributed by atoms with Gasteiger partial charge in [-0.05, 0) is 56.6 Å². The Bertz CT molecular complexity index is 1090. The normalized spacial score (nSPS) is 11.1. The Hall–Kier alpha value is -3.32. The van der Waals surface area contributed by atoms with Crippen molar-refractivity contribution in [3.8, 4) is 22.8 Å². The number of unbranched alkanes of at least 4 members (excludes halogenated alkanes) is 1. The van der Waals surface area contributed by atoms with Gasteiger partial charge in [0.15, 0.2) is 0 Å². The average Bonchev–Trinajstić information content (AvgIpc) is 3.11. The second kappa shape index (κ2) is 8.14. The van der Waals surface area contributed by atoms with Gasteiger partial charge in [0, 0.05) is 24.6 Å². The number of nitrogens with one attached hydrogen (secondary N) is 1. The van der Waals surface area contributed by atoms with E-state index in [1.165, 1.54) is 0 Å². The Morgan fingerprint density at radius 2 is 1.89 bits per heavy atom. The number of anilines is 1. The lowest BCUT2D eigenvalue weighted by molar-refractivity contribution is 0.770. The number of nitrogens with zero attached hydrogens (tertiary/aromatic N) is 5. The number of rotatable bonds is 7. The molecule has 28 heavy (non-hydrogen) atoms. The molecular formula is C21H23N7. The molecule has 0 fully saturated rings. The van der Waals surface area contributed by atoms with Gasteiger partial charge in [-0.15, -0.1) is 0 Å². The van der Waals surface area contributed by atoms with Gasteiger partial charge in [-0.25, -0.2) is 15.0 Å². The van der Waals surface area contributed by atoms with E-state index in [-0.39, 0.29) is 0 Å². The number of fused-ring (bicyclic) bond motifs is 1. The Morgan fingerprint density at radius 3 is 2.75 bits per heavy atom. The second-order valence-electron chi connectivity index (χ2n) is 6.59. The van der Waals surface area contributed by atoms with E-state index < -0.39 is 0 Å². The van der Waals surface area contributed by atoms with Crippen LogP contribution in [0.4, 0.5) is 5.95 Å². The van der Waals surface area contributed by atoms with Gasteiger partial charge in [0.25, 0.3) is 0 Å². The maximum Gasteiger partial charge on any atom is 0.223 e. The lowest BCUT2D eigenvalue weighted by Gasteiger charge is -2.08. The Morgan fingerprint density at radius 1 is 0.964 bits per heavy atom. The zero-order valence-electron chi connectivity index (χ0n) is 15.8. The maximum absolute atomic E-state index is 5.56. The first-order valence-electron chi connectivity index (χ1n) is 9.45. The topological polar surface area (TPSA) is 94.0 Å². The SMILES string of the molecule is Cc1cccc(-c2nc3ccccn3c2-c2ccnc(NCCCCN)n2)n1. The molecule has 0 atom stereocenters. The van der Waals surface area contributed by atoms with Crippen LogP contribution >= 0.6 is 0 Å². The van der Waals surface area contributed by atoms with Crippen molar-refractivity contribution in [3.63, 3.8) is 0 Å². The third kappa shape index (κ3) is 3.70. The van der Waals surface area contributed by atoms with Crippen LogP contribution in [0.3, 0.4) is 0 Å². The molecule has 142 valence electrons. The smallest absolute Gasteiger partial charge is 0.223 e. The summed E-state index contributed by atoms with van der Waals surface area (Å²) >= 11 is 0. The van der Waals surface area contributed by atoms with Crippen LogP contribution in [0.5, 0.6) is 0 Å². The average molecular weight is 373 g/mol. The summed E-state index contributed by atoms with van der Waals surface area (Å²) in [5.41, 5.74) is 10.7. The molecule has 0 radical (unpaired) electrons. The summed E-state index contributed by atoms with van der Waals surface area (Å²) < 4.78 is 2.04. The minimum Gasteiger partial charge on any atom is -0.354 e. The van der Waals surface area contributed by atoms with E-state index >= 15 is 0 Å². The third-order valence-electron chi connectivity index (χ3n) is 4.47. The number of hydrogen-bond acceptors (Lipinski definition) is 6. The molecule has 0 aromatic carbocycles. The third-order valence-corrected chi connectivity index (χ3v) is 4.47. The van der Waals surface area contributed by atoms with E-state index in [1.807, 2.05) is 60.0 Å². The number of nitrogens with two attached hydrogens (primary N) is 1. The fourth-order valence-corrected chi connectivity index (χ4v) is 3.14. The predicted octanol–water partition coefficient (Wildman–Crippen LogP) is 3.31. The number of hydrogen-bond donors (Lipinski definition) is 2. The summed E-state index contributed by atoms with van der Waals surface area (Å²) in [4.78, 5) is 18.6. The van der Waals surface area contributed by atoms with Crippen LogP contribution in [0, 0.1) is 6.92 Å². The van der Waals surface area contributed by atoms with Gasteiger partial charge in [0.1, 0.15) is 17.0 Å². The number of imidazole rings is 1. The Kier molecular flexibility index (Phi) is 5.25. The summed E-state index contributed by atoms with van der Waals surface area (Å²) in [6, 6.07) is 13.8. The van der Waals surface area contributed by atoms with Gasteiger partial charge in [-0.2, -0.15) is 0 Å². The highest BCUT2D eigenvalue weighted by Crippen LogP contribution is 2.31. The van der Waals surface area contributed by atoms with Crippen molar-refractivity contribution in [2.75, 3.05) is 18.4 Å². The van der Waals surface area contributed by atoms with E-state index in [1.54, 1.807) is 6.20 Å². The molecule has 0 aliphatic rings. The number of pyridine rings is 2. The molecular weight excluding hydrogens is 350 g/mol. The number of aromatic nitrogens is 5. The monoisotopic (exact) mass is 373 g/mol. The van der Waals surface area contributed by atoms with Crippen molar-refractivity contribution in [2.45, 2.75) is 19.8 Å². The summed E-state index contributed by atoms with van der Waals surface area (Å²) in [5, 5.41) is 3.28. The molecule has 4 heterocycles. The highest BCUT2D eigenvalue weighted by Gasteiger charge is 2.18. The molecule has 0 amide bonds. The highest BCUT2D eigenvalue weighted by molar-refractivity contribution is 5.79. The highest BCUT2D eigenvalue weighted by atomic mass is 15.1. The minimum absolute atomic E-state index is 0.601. The second-order valence-corrected chi connectivity index (χ2v) is 6.59. The molecule has 4 rings (SSSR count). The standard InChI is InChI=1S/C21H23N7/c1-15-7-6-8-16(25-15)19-20(28-14-5-2-9-18(28)27-19)17-10-13-24-21(26-17)23-12-4-3-11-22/h2,5-10,13-14H,3-4,11-12,22H2,1H3,(H,23,24,26). The van der Waals surface area contributed by atoms with Gasteiger partial charge in [0.05, 0.1) is 11.4 Å². The first-order chi connectivity index (χ1) is 13.8. The van der Waals surface area contributed by atoms with Crippen LogP contribution in [0.2, 0.25) is 0 Å². The van der Waals surface area contributed by atoms with Crippen molar-refractivity contribution in [2.24, 2.45) is 5.73 Å². The molecule has 7 nitrogen and oxygen atoms in total. The van der Waals surface area contributed by atoms with E-state index in [9.17, 15) is 0 Å². The van der Waals surface area contributed by atoms with Gasteiger partial charge >= 0.3 is 0 Å². The Labute approximate surface area is 163 Å². The van der Waals surface area contributed by atoms with Gasteiger partial charge in [0.2, 0.25) is 5.95 Å². The quantitative estimate of drug-likeness (QED) is 0.483. The van der Waals surface area contributed by atoms with E-state index in [0.29, 0.717) is 12.5 Å². The summed E-state index contributed by atoms with van der Waals surface area (Å²) in [6.45, 7) is 3.46. The van der Waals surface area contributed by atoms with Crippen LogP contribution in [0.25, 0.3) is 28.4 Å². The lowest BCUT2D eigenvalue weighted by Crippen LogP contribution is -2.08. The summed E-state index contributed by atoms with van der Waals surface area (Å²) in [6.07, 6.45) is 5.72. The predicted molar refractivity (Wildman–Crippen MR) is 111 cm³/mol. The molecule has 3 N–H and O–H groups in total. The Balaban J connectivity index is 1.79. The molecule has 0 aliphatic heterocycles. The molecule has 7 heteroatoms.